The first-order chi connectivity index (χ1) is 10.5. The van der Waals surface area contributed by atoms with Crippen LogP contribution in [0, 0.1) is 0 Å². The van der Waals surface area contributed by atoms with Gasteiger partial charge in [0, 0.05) is 16.6 Å². The molecule has 2 aromatic rings. The summed E-state index contributed by atoms with van der Waals surface area (Å²) in [4.78, 5) is 10.9. The Kier molecular flexibility index (Phi) is 5.50. The second-order valence-electron chi connectivity index (χ2n) is 5.63. The lowest BCUT2D eigenvalue weighted by molar-refractivity contribution is -0.115. The molecule has 1 unspecified atom stereocenters. The Morgan fingerprint density at radius 2 is 1.73 bits per heavy atom. The molecule has 0 bridgehead atoms. The first kappa shape index (κ1) is 16.4. The Morgan fingerprint density at radius 1 is 1.09 bits per heavy atom. The Balaban J connectivity index is 2.27. The summed E-state index contributed by atoms with van der Waals surface area (Å²) >= 11 is 0. The minimum Gasteiger partial charge on any atom is -0.369 e. The molecule has 22 heavy (non-hydrogen) atoms. The zero-order valence-electron chi connectivity index (χ0n) is 12.9. The van der Waals surface area contributed by atoms with Crippen LogP contribution in [0.2, 0.25) is 0 Å². The predicted molar refractivity (Wildman–Crippen MR) is 91.9 cm³/mol. The van der Waals surface area contributed by atoms with Crippen molar-refractivity contribution in [2.75, 3.05) is 5.75 Å². The van der Waals surface area contributed by atoms with Gasteiger partial charge in [-0.15, -0.1) is 0 Å². The number of primary amides is 1. The van der Waals surface area contributed by atoms with E-state index in [0.717, 1.165) is 16.7 Å². The molecule has 0 heterocycles. The van der Waals surface area contributed by atoms with Gasteiger partial charge in [0.05, 0.1) is 0 Å². The monoisotopic (exact) mass is 315 g/mol. The van der Waals surface area contributed by atoms with Gasteiger partial charge in [0.2, 0.25) is 5.91 Å². The summed E-state index contributed by atoms with van der Waals surface area (Å²) in [5.74, 6) is 0.204. The van der Waals surface area contributed by atoms with Crippen LogP contribution in [0.25, 0.3) is 11.1 Å². The minimum atomic E-state index is -1.27. The van der Waals surface area contributed by atoms with E-state index in [1.807, 2.05) is 24.3 Å². The lowest BCUT2D eigenvalue weighted by atomic mass is 9.96. The maximum atomic E-state index is 12.0. The molecule has 0 aliphatic heterocycles. The molecule has 0 aliphatic rings. The van der Waals surface area contributed by atoms with Gasteiger partial charge >= 0.3 is 0 Å². The van der Waals surface area contributed by atoms with Crippen LogP contribution in [0.4, 0.5) is 0 Å². The number of hydrogen-bond donors (Lipinski definition) is 1. The molecule has 2 N–H and O–H groups in total. The van der Waals surface area contributed by atoms with Crippen LogP contribution in [0.1, 0.15) is 30.9 Å². The molecule has 3 nitrogen and oxygen atoms in total. The predicted octanol–water partition coefficient (Wildman–Crippen LogP) is 3.21. The molecular weight excluding hydrogens is 294 g/mol. The Labute approximate surface area is 134 Å². The summed E-state index contributed by atoms with van der Waals surface area (Å²) in [6.45, 7) is 4.33. The molecule has 2 aromatic carbocycles. The van der Waals surface area contributed by atoms with Gasteiger partial charge in [-0.05, 0) is 28.2 Å². The maximum absolute atomic E-state index is 12.0. The van der Waals surface area contributed by atoms with E-state index in [0.29, 0.717) is 11.7 Å². The van der Waals surface area contributed by atoms with Crippen LogP contribution in [0.15, 0.2) is 48.5 Å². The molecule has 0 aromatic heterocycles. The molecule has 0 fully saturated rings. The van der Waals surface area contributed by atoms with Crippen molar-refractivity contribution in [2.45, 2.75) is 25.5 Å². The highest BCUT2D eigenvalue weighted by Crippen LogP contribution is 2.26. The third kappa shape index (κ3) is 4.28. The van der Waals surface area contributed by atoms with Crippen molar-refractivity contribution >= 4 is 16.7 Å². The Morgan fingerprint density at radius 3 is 2.32 bits per heavy atom. The molecule has 1 atom stereocenters. The number of nitrogens with two attached hydrogens (primary N) is 1. The van der Waals surface area contributed by atoms with Gasteiger partial charge in [0.15, 0.2) is 0 Å². The number of hydrogen-bond acceptors (Lipinski definition) is 2. The largest absolute Gasteiger partial charge is 0.369 e. The number of amides is 1. The van der Waals surface area contributed by atoms with Crippen molar-refractivity contribution in [1.29, 1.82) is 0 Å². The van der Waals surface area contributed by atoms with Crippen LogP contribution in [0.3, 0.4) is 0 Å². The van der Waals surface area contributed by atoms with Crippen molar-refractivity contribution in [3.05, 3.63) is 59.7 Å². The van der Waals surface area contributed by atoms with Gasteiger partial charge in [-0.1, -0.05) is 62.4 Å². The van der Waals surface area contributed by atoms with Crippen LogP contribution >= 0.6 is 0 Å². The summed E-state index contributed by atoms with van der Waals surface area (Å²) in [5.41, 5.74) is 9.52. The Bertz CT molecular complexity index is 678. The normalized spacial score (nSPS) is 12.3. The minimum absolute atomic E-state index is 0.0966. The van der Waals surface area contributed by atoms with E-state index in [2.05, 4.69) is 38.1 Å². The quantitative estimate of drug-likeness (QED) is 0.890. The smallest absolute Gasteiger partial charge is 0.230 e. The number of benzene rings is 2. The highest BCUT2D eigenvalue weighted by Gasteiger charge is 2.10. The summed E-state index contributed by atoms with van der Waals surface area (Å²) < 4.78 is 12.0. The van der Waals surface area contributed by atoms with Crippen LogP contribution in [0.5, 0.6) is 0 Å². The number of carbonyl (C=O) groups excluding carboxylic acids is 1. The zero-order valence-corrected chi connectivity index (χ0v) is 13.7. The van der Waals surface area contributed by atoms with E-state index in [9.17, 15) is 9.00 Å². The van der Waals surface area contributed by atoms with Crippen molar-refractivity contribution < 1.29 is 9.00 Å². The molecule has 4 heteroatoms. The molecule has 1 amide bonds. The lowest BCUT2D eigenvalue weighted by Gasteiger charge is -2.11. The van der Waals surface area contributed by atoms with Crippen LogP contribution in [-0.4, -0.2) is 15.9 Å². The van der Waals surface area contributed by atoms with Crippen LogP contribution < -0.4 is 5.73 Å². The fourth-order valence-electron chi connectivity index (χ4n) is 2.36. The third-order valence-electron chi connectivity index (χ3n) is 3.53. The fraction of sp³-hybridized carbons (Fsp3) is 0.278. The highest BCUT2D eigenvalue weighted by atomic mass is 32.2. The first-order valence-corrected chi connectivity index (χ1v) is 8.77. The number of carbonyl (C=O) groups is 1. The Hall–Kier alpha value is -1.94. The van der Waals surface area contributed by atoms with E-state index < -0.39 is 16.7 Å². The van der Waals surface area contributed by atoms with Crippen molar-refractivity contribution in [3.63, 3.8) is 0 Å². The molecule has 0 saturated carbocycles. The maximum Gasteiger partial charge on any atom is 0.230 e. The molecule has 2 rings (SSSR count). The van der Waals surface area contributed by atoms with Gasteiger partial charge in [-0.25, -0.2) is 0 Å². The molecule has 0 aliphatic carbocycles. The first-order valence-electron chi connectivity index (χ1n) is 7.29. The standard InChI is InChI=1S/C18H21NO2S/c1-13(2)14-7-9-15(10-8-14)17-6-4-3-5-16(17)11-22(21)12-18(19)20/h3-10,13H,11-12H2,1-2H3,(H2,19,20). The third-order valence-corrected chi connectivity index (χ3v) is 4.76. The molecule has 0 spiro atoms. The van der Waals surface area contributed by atoms with Gasteiger partial charge in [-0.2, -0.15) is 0 Å². The summed E-state index contributed by atoms with van der Waals surface area (Å²) in [7, 11) is -1.27. The summed E-state index contributed by atoms with van der Waals surface area (Å²) in [6, 6.07) is 16.3. The van der Waals surface area contributed by atoms with Gasteiger partial charge in [0.25, 0.3) is 0 Å². The van der Waals surface area contributed by atoms with E-state index >= 15 is 0 Å². The van der Waals surface area contributed by atoms with E-state index in [1.165, 1.54) is 5.56 Å². The zero-order chi connectivity index (χ0) is 16.1. The van der Waals surface area contributed by atoms with Crippen molar-refractivity contribution in [1.82, 2.24) is 0 Å². The summed E-state index contributed by atoms with van der Waals surface area (Å²) in [5, 5.41) is 0. The second kappa shape index (κ2) is 7.36. The van der Waals surface area contributed by atoms with Gasteiger partial charge in [-0.3, -0.25) is 9.00 Å². The van der Waals surface area contributed by atoms with E-state index in [4.69, 9.17) is 5.73 Å². The van der Waals surface area contributed by atoms with E-state index in [-0.39, 0.29) is 5.75 Å². The van der Waals surface area contributed by atoms with E-state index in [1.54, 1.807) is 0 Å². The fourth-order valence-corrected chi connectivity index (χ4v) is 3.38. The van der Waals surface area contributed by atoms with Crippen molar-refractivity contribution in [2.24, 2.45) is 5.73 Å². The molecular formula is C18H21NO2S. The van der Waals surface area contributed by atoms with Crippen LogP contribution in [-0.2, 0) is 21.3 Å². The van der Waals surface area contributed by atoms with Gasteiger partial charge < -0.3 is 5.73 Å². The van der Waals surface area contributed by atoms with Gasteiger partial charge in [0.1, 0.15) is 5.75 Å². The molecule has 116 valence electrons. The number of rotatable bonds is 6. The van der Waals surface area contributed by atoms with Crippen molar-refractivity contribution in [3.8, 4) is 11.1 Å². The SMILES string of the molecule is CC(C)c1ccc(-c2ccccc2CS(=O)CC(N)=O)cc1. The highest BCUT2D eigenvalue weighted by molar-refractivity contribution is 7.84. The lowest BCUT2D eigenvalue weighted by Crippen LogP contribution is -2.20. The average molecular weight is 315 g/mol. The second-order valence-corrected chi connectivity index (χ2v) is 7.09. The molecule has 0 saturated heterocycles. The topological polar surface area (TPSA) is 60.2 Å². The summed E-state index contributed by atoms with van der Waals surface area (Å²) in [6.07, 6.45) is 0. The average Bonchev–Trinajstić information content (AvgIpc) is 2.47. The molecule has 0 radical (unpaired) electrons.